The number of hydrogen-bond donors (Lipinski definition) is 1. The summed E-state index contributed by atoms with van der Waals surface area (Å²) in [7, 11) is 1.50. The fraction of sp³-hybridized carbons (Fsp3) is 0.357. The maximum absolute atomic E-state index is 12.3. The predicted octanol–water partition coefficient (Wildman–Crippen LogP) is 0.145. The van der Waals surface area contributed by atoms with E-state index in [4.69, 9.17) is 4.74 Å². The van der Waals surface area contributed by atoms with Gasteiger partial charge in [0.2, 0.25) is 11.8 Å². The smallest absolute Gasteiger partial charge is 0.240 e. The summed E-state index contributed by atoms with van der Waals surface area (Å²) in [4.78, 5) is 36.3. The Hall–Kier alpha value is -2.21. The van der Waals surface area contributed by atoms with Gasteiger partial charge >= 0.3 is 0 Å². The number of aryl methyl sites for hydroxylation is 1. The van der Waals surface area contributed by atoms with E-state index in [0.29, 0.717) is 11.3 Å². The standard InChI is InChI=1S/C14H16N2O4/c1-9-3-4-10(12(5-9)20-2)11(17)6-16-7-13(18)15-14(19)8-16/h3-5H,6-8H2,1-2H3,(H,15,18,19). The van der Waals surface area contributed by atoms with Gasteiger partial charge in [-0.15, -0.1) is 0 Å². The summed E-state index contributed by atoms with van der Waals surface area (Å²) in [5, 5.41) is 2.20. The number of rotatable bonds is 4. The summed E-state index contributed by atoms with van der Waals surface area (Å²) in [6, 6.07) is 5.30. The number of nitrogens with one attached hydrogen (secondary N) is 1. The van der Waals surface area contributed by atoms with Gasteiger partial charge in [0.1, 0.15) is 5.75 Å². The summed E-state index contributed by atoms with van der Waals surface area (Å²) in [6.45, 7) is 2.01. The number of amides is 2. The van der Waals surface area contributed by atoms with E-state index in [-0.39, 0.29) is 37.2 Å². The molecule has 2 amide bonds. The number of carbonyl (C=O) groups excluding carboxylic acids is 3. The van der Waals surface area contributed by atoms with Crippen molar-refractivity contribution in [1.82, 2.24) is 10.2 Å². The molecule has 1 saturated heterocycles. The summed E-state index contributed by atoms with van der Waals surface area (Å²) < 4.78 is 5.19. The van der Waals surface area contributed by atoms with Crippen LogP contribution in [0, 0.1) is 6.92 Å². The highest BCUT2D eigenvalue weighted by Gasteiger charge is 2.25. The predicted molar refractivity (Wildman–Crippen MR) is 71.7 cm³/mol. The van der Waals surface area contributed by atoms with Crippen molar-refractivity contribution in [2.75, 3.05) is 26.7 Å². The average Bonchev–Trinajstić information content (AvgIpc) is 2.37. The van der Waals surface area contributed by atoms with Gasteiger partial charge in [-0.25, -0.2) is 0 Å². The van der Waals surface area contributed by atoms with Crippen molar-refractivity contribution < 1.29 is 19.1 Å². The highest BCUT2D eigenvalue weighted by molar-refractivity contribution is 6.03. The number of benzene rings is 1. The average molecular weight is 276 g/mol. The Balaban J connectivity index is 2.12. The van der Waals surface area contributed by atoms with Crippen molar-refractivity contribution in [2.24, 2.45) is 0 Å². The molecule has 0 saturated carbocycles. The maximum Gasteiger partial charge on any atom is 0.240 e. The van der Waals surface area contributed by atoms with Gasteiger partial charge in [0.05, 0.1) is 32.3 Å². The lowest BCUT2D eigenvalue weighted by Crippen LogP contribution is -2.52. The molecule has 0 unspecified atom stereocenters. The quantitative estimate of drug-likeness (QED) is 0.625. The number of hydrogen-bond acceptors (Lipinski definition) is 5. The second-order valence-electron chi connectivity index (χ2n) is 4.74. The van der Waals surface area contributed by atoms with Crippen LogP contribution in [0.25, 0.3) is 0 Å². The van der Waals surface area contributed by atoms with Crippen molar-refractivity contribution in [2.45, 2.75) is 6.92 Å². The Kier molecular flexibility index (Phi) is 4.14. The molecular weight excluding hydrogens is 260 g/mol. The first-order chi connectivity index (χ1) is 9.49. The Morgan fingerprint density at radius 2 is 1.95 bits per heavy atom. The van der Waals surface area contributed by atoms with E-state index in [0.717, 1.165) is 5.56 Å². The Morgan fingerprint density at radius 1 is 1.30 bits per heavy atom. The first kappa shape index (κ1) is 14.2. The summed E-state index contributed by atoms with van der Waals surface area (Å²) >= 11 is 0. The third-order valence-electron chi connectivity index (χ3n) is 3.04. The molecule has 2 rings (SSSR count). The van der Waals surface area contributed by atoms with Crippen LogP contribution in [0.2, 0.25) is 0 Å². The molecular formula is C14H16N2O4. The number of piperazine rings is 1. The highest BCUT2D eigenvalue weighted by Crippen LogP contribution is 2.20. The zero-order valence-electron chi connectivity index (χ0n) is 11.4. The number of ether oxygens (including phenoxy) is 1. The molecule has 1 aliphatic rings. The number of ketones is 1. The largest absolute Gasteiger partial charge is 0.496 e. The molecule has 0 atom stereocenters. The van der Waals surface area contributed by atoms with Gasteiger partial charge in [-0.1, -0.05) is 6.07 Å². The SMILES string of the molecule is COc1cc(C)ccc1C(=O)CN1CC(=O)NC(=O)C1. The van der Waals surface area contributed by atoms with Gasteiger partial charge in [0.25, 0.3) is 0 Å². The van der Waals surface area contributed by atoms with E-state index in [9.17, 15) is 14.4 Å². The Bertz CT molecular complexity index is 552. The fourth-order valence-corrected chi connectivity index (χ4v) is 2.13. The van der Waals surface area contributed by atoms with Gasteiger partial charge in [0, 0.05) is 0 Å². The normalized spacial score (nSPS) is 15.9. The molecule has 0 aromatic heterocycles. The van der Waals surface area contributed by atoms with E-state index < -0.39 is 0 Å². The molecule has 20 heavy (non-hydrogen) atoms. The van der Waals surface area contributed by atoms with Crippen LogP contribution >= 0.6 is 0 Å². The summed E-state index contributed by atoms with van der Waals surface area (Å²) in [5.41, 5.74) is 1.45. The van der Waals surface area contributed by atoms with Gasteiger partial charge in [0.15, 0.2) is 5.78 Å². The lowest BCUT2D eigenvalue weighted by molar-refractivity contribution is -0.135. The van der Waals surface area contributed by atoms with Crippen LogP contribution in [0.5, 0.6) is 5.75 Å². The zero-order chi connectivity index (χ0) is 14.7. The van der Waals surface area contributed by atoms with Crippen LogP contribution in [0.3, 0.4) is 0 Å². The van der Waals surface area contributed by atoms with Crippen molar-refractivity contribution >= 4 is 17.6 Å². The monoisotopic (exact) mass is 276 g/mol. The number of carbonyl (C=O) groups is 3. The van der Waals surface area contributed by atoms with Gasteiger partial charge in [-0.3, -0.25) is 24.6 Å². The van der Waals surface area contributed by atoms with Crippen molar-refractivity contribution in [3.05, 3.63) is 29.3 Å². The third kappa shape index (κ3) is 3.21. The van der Waals surface area contributed by atoms with Crippen LogP contribution in [0.1, 0.15) is 15.9 Å². The van der Waals surface area contributed by atoms with Crippen LogP contribution < -0.4 is 10.1 Å². The minimum atomic E-state index is -0.384. The lowest BCUT2D eigenvalue weighted by Gasteiger charge is -2.24. The van der Waals surface area contributed by atoms with E-state index in [1.54, 1.807) is 12.1 Å². The molecule has 1 N–H and O–H groups in total. The molecule has 0 bridgehead atoms. The van der Waals surface area contributed by atoms with Crippen molar-refractivity contribution in [3.8, 4) is 5.75 Å². The van der Waals surface area contributed by atoms with Crippen molar-refractivity contribution in [3.63, 3.8) is 0 Å². The number of methoxy groups -OCH3 is 1. The molecule has 1 aromatic rings. The van der Waals surface area contributed by atoms with E-state index in [2.05, 4.69) is 5.32 Å². The minimum Gasteiger partial charge on any atom is -0.496 e. The summed E-state index contributed by atoms with van der Waals surface area (Å²) in [5.74, 6) is -0.443. The van der Waals surface area contributed by atoms with Gasteiger partial charge in [-0.05, 0) is 24.6 Å². The second-order valence-corrected chi connectivity index (χ2v) is 4.74. The van der Waals surface area contributed by atoms with E-state index >= 15 is 0 Å². The number of imide groups is 1. The summed E-state index contributed by atoms with van der Waals surface area (Å²) in [6.07, 6.45) is 0. The van der Waals surface area contributed by atoms with Crippen LogP contribution in [0.4, 0.5) is 0 Å². The third-order valence-corrected chi connectivity index (χ3v) is 3.04. The first-order valence-corrected chi connectivity index (χ1v) is 6.22. The van der Waals surface area contributed by atoms with E-state index in [1.807, 2.05) is 13.0 Å². The zero-order valence-corrected chi connectivity index (χ0v) is 11.4. The molecule has 0 spiro atoms. The molecule has 1 heterocycles. The molecule has 106 valence electrons. The highest BCUT2D eigenvalue weighted by atomic mass is 16.5. The van der Waals surface area contributed by atoms with Crippen LogP contribution in [-0.4, -0.2) is 49.2 Å². The van der Waals surface area contributed by atoms with Crippen LogP contribution in [0.15, 0.2) is 18.2 Å². The molecule has 0 radical (unpaired) electrons. The van der Waals surface area contributed by atoms with Crippen molar-refractivity contribution in [1.29, 1.82) is 0 Å². The number of nitrogens with zero attached hydrogens (tertiary/aromatic N) is 1. The maximum atomic E-state index is 12.3. The lowest BCUT2D eigenvalue weighted by atomic mass is 10.1. The first-order valence-electron chi connectivity index (χ1n) is 6.22. The molecule has 6 heteroatoms. The van der Waals surface area contributed by atoms with Gasteiger partial charge in [-0.2, -0.15) is 0 Å². The fourth-order valence-electron chi connectivity index (χ4n) is 2.13. The Labute approximate surface area is 116 Å². The molecule has 0 aliphatic carbocycles. The minimum absolute atomic E-state index is 0.0125. The molecule has 6 nitrogen and oxygen atoms in total. The Morgan fingerprint density at radius 3 is 2.55 bits per heavy atom. The molecule has 1 aromatic carbocycles. The number of Topliss-reactive ketones (excluding diaryl/α,β-unsaturated/α-hetero) is 1. The van der Waals surface area contributed by atoms with Gasteiger partial charge < -0.3 is 4.74 Å². The van der Waals surface area contributed by atoms with E-state index in [1.165, 1.54) is 12.0 Å². The topological polar surface area (TPSA) is 75.7 Å². The molecule has 1 aliphatic heterocycles. The van der Waals surface area contributed by atoms with Crippen LogP contribution in [-0.2, 0) is 9.59 Å². The second kappa shape index (κ2) is 5.83. The molecule has 1 fully saturated rings.